The van der Waals surface area contributed by atoms with Gasteiger partial charge in [-0.2, -0.15) is 0 Å². The first-order valence-corrected chi connectivity index (χ1v) is 23.3. The second kappa shape index (κ2) is 43.6. The maximum absolute atomic E-state index is 12.7. The standard InChI is InChI=1S/C48H88O6/c1-4-7-10-13-16-19-21-23-24-25-27-29-32-35-38-41-47(50)53-44-45(43-52-46(49)40-37-34-31-28-18-15-12-9-6-3)54-48(51)42-39-36-33-30-26-22-20-17-14-11-8-5-2/h17,20,23-24,45H,4-16,18-19,21-22,25-44H2,1-3H3/b20-17-,24-23-/t45-/m1/s1. The lowest BCUT2D eigenvalue weighted by Crippen LogP contribution is -2.30. The molecule has 0 rings (SSSR count). The molecule has 6 heteroatoms. The smallest absolute Gasteiger partial charge is 0.306 e. The van der Waals surface area contributed by atoms with Gasteiger partial charge in [0.1, 0.15) is 13.2 Å². The van der Waals surface area contributed by atoms with Gasteiger partial charge in [0.05, 0.1) is 0 Å². The highest BCUT2D eigenvalue weighted by atomic mass is 16.6. The van der Waals surface area contributed by atoms with Crippen LogP contribution in [0, 0.1) is 0 Å². The summed E-state index contributed by atoms with van der Waals surface area (Å²) >= 11 is 0. The van der Waals surface area contributed by atoms with Crippen LogP contribution in [0.2, 0.25) is 0 Å². The van der Waals surface area contributed by atoms with E-state index in [4.69, 9.17) is 14.2 Å². The van der Waals surface area contributed by atoms with Crippen molar-refractivity contribution in [1.82, 2.24) is 0 Å². The Morgan fingerprint density at radius 3 is 0.963 bits per heavy atom. The summed E-state index contributed by atoms with van der Waals surface area (Å²) in [5.41, 5.74) is 0. The molecule has 1 atom stereocenters. The zero-order valence-corrected chi connectivity index (χ0v) is 36.0. The fourth-order valence-electron chi connectivity index (χ4n) is 6.61. The Morgan fingerprint density at radius 1 is 0.352 bits per heavy atom. The van der Waals surface area contributed by atoms with Gasteiger partial charge in [-0.15, -0.1) is 0 Å². The van der Waals surface area contributed by atoms with Crippen LogP contribution >= 0.6 is 0 Å². The van der Waals surface area contributed by atoms with Crippen LogP contribution in [0.25, 0.3) is 0 Å². The van der Waals surface area contributed by atoms with E-state index in [1.165, 1.54) is 135 Å². The van der Waals surface area contributed by atoms with E-state index < -0.39 is 6.10 Å². The fourth-order valence-corrected chi connectivity index (χ4v) is 6.61. The molecule has 0 aliphatic carbocycles. The first-order valence-electron chi connectivity index (χ1n) is 23.3. The average Bonchev–Trinajstić information content (AvgIpc) is 3.17. The van der Waals surface area contributed by atoms with E-state index in [0.29, 0.717) is 19.3 Å². The highest BCUT2D eigenvalue weighted by Crippen LogP contribution is 2.14. The van der Waals surface area contributed by atoms with Crippen LogP contribution < -0.4 is 0 Å². The molecular formula is C48H88O6. The van der Waals surface area contributed by atoms with E-state index in [-0.39, 0.29) is 31.1 Å². The first-order chi connectivity index (χ1) is 26.5. The highest BCUT2D eigenvalue weighted by molar-refractivity contribution is 5.71. The molecule has 0 aromatic carbocycles. The van der Waals surface area contributed by atoms with E-state index in [2.05, 4.69) is 45.1 Å². The quantitative estimate of drug-likeness (QED) is 0.0267. The summed E-state index contributed by atoms with van der Waals surface area (Å²) in [5, 5.41) is 0. The van der Waals surface area contributed by atoms with Crippen molar-refractivity contribution in [3.8, 4) is 0 Å². The molecule has 54 heavy (non-hydrogen) atoms. The maximum atomic E-state index is 12.7. The molecular weight excluding hydrogens is 673 g/mol. The van der Waals surface area contributed by atoms with Gasteiger partial charge in [-0.3, -0.25) is 14.4 Å². The zero-order valence-electron chi connectivity index (χ0n) is 36.0. The number of unbranched alkanes of at least 4 members (excludes halogenated alkanes) is 27. The third-order valence-electron chi connectivity index (χ3n) is 10.2. The van der Waals surface area contributed by atoms with Crippen molar-refractivity contribution in [3.63, 3.8) is 0 Å². The van der Waals surface area contributed by atoms with Crippen molar-refractivity contribution >= 4 is 17.9 Å². The summed E-state index contributed by atoms with van der Waals surface area (Å²) in [7, 11) is 0. The Bertz CT molecular complexity index is 880. The van der Waals surface area contributed by atoms with Crippen LogP contribution in [0.1, 0.15) is 245 Å². The van der Waals surface area contributed by atoms with Crippen LogP contribution in [0.3, 0.4) is 0 Å². The minimum Gasteiger partial charge on any atom is -0.462 e. The number of hydrogen-bond acceptors (Lipinski definition) is 6. The van der Waals surface area contributed by atoms with Crippen molar-refractivity contribution in [2.24, 2.45) is 0 Å². The molecule has 0 radical (unpaired) electrons. The Balaban J connectivity index is 4.34. The third-order valence-corrected chi connectivity index (χ3v) is 10.2. The maximum Gasteiger partial charge on any atom is 0.306 e. The number of rotatable bonds is 42. The monoisotopic (exact) mass is 761 g/mol. The molecule has 0 aromatic heterocycles. The summed E-state index contributed by atoms with van der Waals surface area (Å²) in [6, 6.07) is 0. The molecule has 0 fully saturated rings. The van der Waals surface area contributed by atoms with Crippen molar-refractivity contribution in [1.29, 1.82) is 0 Å². The van der Waals surface area contributed by atoms with Gasteiger partial charge in [0.15, 0.2) is 6.10 Å². The number of allylic oxidation sites excluding steroid dienone is 4. The zero-order chi connectivity index (χ0) is 39.4. The summed E-state index contributed by atoms with van der Waals surface area (Å²) in [5.74, 6) is -0.891. The number of carbonyl (C=O) groups is 3. The van der Waals surface area contributed by atoms with Gasteiger partial charge in [0.2, 0.25) is 0 Å². The lowest BCUT2D eigenvalue weighted by molar-refractivity contribution is -0.167. The summed E-state index contributed by atoms with van der Waals surface area (Å²) in [4.78, 5) is 37.7. The predicted molar refractivity (Wildman–Crippen MR) is 229 cm³/mol. The SMILES string of the molecule is CCCCC/C=C\CCCCCCCC(=O)O[C@@H](COC(=O)CCCCCCC/C=C\CCCCCCCC)COC(=O)CCCCCCCCCCC. The van der Waals surface area contributed by atoms with Crippen molar-refractivity contribution in [2.75, 3.05) is 13.2 Å². The van der Waals surface area contributed by atoms with Gasteiger partial charge in [-0.25, -0.2) is 0 Å². The Kier molecular flexibility index (Phi) is 41.9. The molecule has 0 saturated carbocycles. The van der Waals surface area contributed by atoms with E-state index >= 15 is 0 Å². The lowest BCUT2D eigenvalue weighted by Gasteiger charge is -2.18. The average molecular weight is 761 g/mol. The highest BCUT2D eigenvalue weighted by Gasteiger charge is 2.19. The molecule has 0 aromatic rings. The molecule has 0 unspecified atom stereocenters. The molecule has 0 saturated heterocycles. The molecule has 6 nitrogen and oxygen atoms in total. The van der Waals surface area contributed by atoms with Gasteiger partial charge in [0, 0.05) is 19.3 Å². The molecule has 0 aliphatic heterocycles. The van der Waals surface area contributed by atoms with Crippen molar-refractivity contribution in [3.05, 3.63) is 24.3 Å². The van der Waals surface area contributed by atoms with Gasteiger partial charge >= 0.3 is 17.9 Å². The van der Waals surface area contributed by atoms with Crippen molar-refractivity contribution in [2.45, 2.75) is 252 Å². The Hall–Kier alpha value is -2.11. The molecule has 0 bridgehead atoms. The molecule has 0 heterocycles. The fraction of sp³-hybridized carbons (Fsp3) is 0.854. The van der Waals surface area contributed by atoms with Crippen LogP contribution in [-0.2, 0) is 28.6 Å². The Morgan fingerprint density at radius 2 is 0.611 bits per heavy atom. The minimum atomic E-state index is -0.772. The van der Waals surface area contributed by atoms with E-state index in [0.717, 1.165) is 70.6 Å². The molecule has 0 aliphatic rings. The van der Waals surface area contributed by atoms with Gasteiger partial charge < -0.3 is 14.2 Å². The van der Waals surface area contributed by atoms with Gasteiger partial charge in [0.25, 0.3) is 0 Å². The topological polar surface area (TPSA) is 78.9 Å². The predicted octanol–water partition coefficient (Wildman–Crippen LogP) is 14.8. The molecule has 316 valence electrons. The largest absolute Gasteiger partial charge is 0.462 e. The summed E-state index contributed by atoms with van der Waals surface area (Å²) < 4.78 is 16.7. The van der Waals surface area contributed by atoms with E-state index in [9.17, 15) is 14.4 Å². The number of esters is 3. The number of ether oxygens (including phenoxy) is 3. The lowest BCUT2D eigenvalue weighted by atomic mass is 10.1. The van der Waals surface area contributed by atoms with Gasteiger partial charge in [-0.05, 0) is 70.6 Å². The Labute approximate surface area is 334 Å². The number of carbonyl (C=O) groups excluding carboxylic acids is 3. The summed E-state index contributed by atoms with van der Waals surface area (Å²) in [6.07, 6.45) is 47.3. The molecule has 0 N–H and O–H groups in total. The van der Waals surface area contributed by atoms with Crippen LogP contribution in [0.15, 0.2) is 24.3 Å². The van der Waals surface area contributed by atoms with Gasteiger partial charge in [-0.1, -0.05) is 180 Å². The van der Waals surface area contributed by atoms with Crippen molar-refractivity contribution < 1.29 is 28.6 Å². The minimum absolute atomic E-state index is 0.0748. The molecule has 0 amide bonds. The third kappa shape index (κ3) is 41.1. The van der Waals surface area contributed by atoms with Crippen LogP contribution in [0.4, 0.5) is 0 Å². The number of hydrogen-bond donors (Lipinski definition) is 0. The summed E-state index contributed by atoms with van der Waals surface area (Å²) in [6.45, 7) is 6.58. The first kappa shape index (κ1) is 51.9. The molecule has 0 spiro atoms. The van der Waals surface area contributed by atoms with E-state index in [1.54, 1.807) is 0 Å². The van der Waals surface area contributed by atoms with Crippen LogP contribution in [-0.4, -0.2) is 37.2 Å². The van der Waals surface area contributed by atoms with E-state index in [1.807, 2.05) is 0 Å². The normalized spacial score (nSPS) is 12.1. The van der Waals surface area contributed by atoms with Crippen LogP contribution in [0.5, 0.6) is 0 Å². The second-order valence-corrected chi connectivity index (χ2v) is 15.7. The second-order valence-electron chi connectivity index (χ2n) is 15.7.